The van der Waals surface area contributed by atoms with Crippen LogP contribution in [0.4, 0.5) is 0 Å². The van der Waals surface area contributed by atoms with Gasteiger partial charge in [-0.3, -0.25) is 9.78 Å². The van der Waals surface area contributed by atoms with E-state index >= 15 is 0 Å². The molecule has 1 aromatic carbocycles. The Bertz CT molecular complexity index is 821. The number of carbonyl (C=O) groups is 1. The van der Waals surface area contributed by atoms with Gasteiger partial charge in [0.15, 0.2) is 0 Å². The number of carbonyl (C=O) groups excluding carboxylic acids is 1. The van der Waals surface area contributed by atoms with Gasteiger partial charge in [0, 0.05) is 35.6 Å². The van der Waals surface area contributed by atoms with Gasteiger partial charge in [-0.15, -0.1) is 12.4 Å². The van der Waals surface area contributed by atoms with Crippen LogP contribution in [0.15, 0.2) is 42.7 Å². The average molecular weight is 419 g/mol. The van der Waals surface area contributed by atoms with Gasteiger partial charge in [-0.05, 0) is 48.9 Å². The predicted molar refractivity (Wildman–Crippen MR) is 117 cm³/mol. The fourth-order valence-electron chi connectivity index (χ4n) is 4.65. The Labute approximate surface area is 178 Å². The van der Waals surface area contributed by atoms with Crippen LogP contribution in [0.5, 0.6) is 0 Å². The van der Waals surface area contributed by atoms with Gasteiger partial charge in [0.1, 0.15) is 0 Å². The van der Waals surface area contributed by atoms with Crippen LogP contribution in [0.25, 0.3) is 11.1 Å². The summed E-state index contributed by atoms with van der Waals surface area (Å²) in [6.45, 7) is 3.01. The fourth-order valence-corrected chi connectivity index (χ4v) is 4.90. The number of nitrogens with zero attached hydrogens (tertiary/aromatic N) is 2. The smallest absolute Gasteiger partial charge is 0.229 e. The predicted octanol–water partition coefficient (Wildman–Crippen LogP) is 5.94. The monoisotopic (exact) mass is 418 g/mol. The van der Waals surface area contributed by atoms with Gasteiger partial charge >= 0.3 is 0 Å². The molecule has 1 saturated carbocycles. The van der Waals surface area contributed by atoms with Crippen molar-refractivity contribution in [3.05, 3.63) is 53.3 Å². The van der Waals surface area contributed by atoms with E-state index in [-0.39, 0.29) is 17.8 Å². The molecule has 1 unspecified atom stereocenters. The summed E-state index contributed by atoms with van der Waals surface area (Å²) in [5.74, 6) is 0.321. The summed E-state index contributed by atoms with van der Waals surface area (Å²) in [5.41, 5.74) is 2.84. The molecule has 2 aromatic rings. The number of halogens is 2. The standard InChI is InChI=1S/C23H27ClN2O.ClH/c1-23(11-13-26(22(23)27)20-7-3-2-4-8-20)15-18-10-9-17(14-21(18)24)19-6-5-12-25-16-19;/h5-6,9-10,12,14,16,20H,2-4,7-8,11,13,15H2,1H3;1H. The number of hydrogen-bond acceptors (Lipinski definition) is 2. The molecule has 2 heterocycles. The lowest BCUT2D eigenvalue weighted by atomic mass is 9.81. The van der Waals surface area contributed by atoms with Gasteiger partial charge in [-0.1, -0.05) is 56.0 Å². The third-order valence-corrected chi connectivity index (χ3v) is 6.68. The molecule has 150 valence electrons. The van der Waals surface area contributed by atoms with Crippen molar-refractivity contribution in [2.75, 3.05) is 6.54 Å². The molecule has 1 aromatic heterocycles. The summed E-state index contributed by atoms with van der Waals surface area (Å²) >= 11 is 6.61. The van der Waals surface area contributed by atoms with Gasteiger partial charge in [0.25, 0.3) is 0 Å². The fraction of sp³-hybridized carbons (Fsp3) is 0.478. The number of amides is 1. The van der Waals surface area contributed by atoms with E-state index in [1.54, 1.807) is 6.20 Å². The molecule has 1 aliphatic heterocycles. The lowest BCUT2D eigenvalue weighted by Crippen LogP contribution is -2.41. The van der Waals surface area contributed by atoms with Crippen molar-refractivity contribution >= 4 is 29.9 Å². The quantitative estimate of drug-likeness (QED) is 0.615. The van der Waals surface area contributed by atoms with Gasteiger partial charge in [-0.25, -0.2) is 0 Å². The Balaban J connectivity index is 0.00000225. The van der Waals surface area contributed by atoms with E-state index < -0.39 is 0 Å². The maximum absolute atomic E-state index is 13.2. The Morgan fingerprint density at radius 2 is 1.96 bits per heavy atom. The van der Waals surface area contributed by atoms with E-state index in [4.69, 9.17) is 11.6 Å². The minimum absolute atomic E-state index is 0. The largest absolute Gasteiger partial charge is 0.339 e. The van der Waals surface area contributed by atoms with Crippen molar-refractivity contribution in [2.45, 2.75) is 57.9 Å². The molecule has 1 amide bonds. The molecule has 2 fully saturated rings. The maximum atomic E-state index is 13.2. The first kappa shape index (κ1) is 21.1. The molecule has 1 aliphatic carbocycles. The second kappa shape index (κ2) is 8.84. The van der Waals surface area contributed by atoms with E-state index in [2.05, 4.69) is 28.9 Å². The van der Waals surface area contributed by atoms with Crippen LogP contribution in [-0.2, 0) is 11.2 Å². The molecule has 5 heteroatoms. The van der Waals surface area contributed by atoms with Crippen molar-refractivity contribution in [2.24, 2.45) is 5.41 Å². The molecule has 28 heavy (non-hydrogen) atoms. The summed E-state index contributed by atoms with van der Waals surface area (Å²) in [4.78, 5) is 19.5. The van der Waals surface area contributed by atoms with E-state index in [1.807, 2.05) is 24.4 Å². The number of hydrogen-bond donors (Lipinski definition) is 0. The van der Waals surface area contributed by atoms with Crippen LogP contribution < -0.4 is 0 Å². The summed E-state index contributed by atoms with van der Waals surface area (Å²) in [6, 6.07) is 10.6. The van der Waals surface area contributed by atoms with Crippen molar-refractivity contribution in [3.8, 4) is 11.1 Å². The van der Waals surface area contributed by atoms with E-state index in [1.165, 1.54) is 32.1 Å². The first-order chi connectivity index (χ1) is 13.1. The lowest BCUT2D eigenvalue weighted by molar-refractivity contribution is -0.137. The summed E-state index contributed by atoms with van der Waals surface area (Å²) in [5, 5.41) is 0.737. The zero-order valence-electron chi connectivity index (χ0n) is 16.4. The van der Waals surface area contributed by atoms with Crippen LogP contribution >= 0.6 is 24.0 Å². The Morgan fingerprint density at radius 3 is 2.64 bits per heavy atom. The van der Waals surface area contributed by atoms with Crippen LogP contribution in [0.1, 0.15) is 51.0 Å². The zero-order valence-corrected chi connectivity index (χ0v) is 17.9. The van der Waals surface area contributed by atoms with Crippen molar-refractivity contribution in [1.82, 2.24) is 9.88 Å². The van der Waals surface area contributed by atoms with Crippen LogP contribution in [-0.4, -0.2) is 28.4 Å². The number of benzene rings is 1. The van der Waals surface area contributed by atoms with Crippen molar-refractivity contribution in [1.29, 1.82) is 0 Å². The molecule has 1 saturated heterocycles. The highest BCUT2D eigenvalue weighted by Crippen LogP contribution is 2.40. The molecule has 2 aliphatic rings. The molecular formula is C23H28Cl2N2O. The molecule has 0 N–H and O–H groups in total. The number of likely N-dealkylation sites (tertiary alicyclic amines) is 1. The number of pyridine rings is 1. The Kier molecular flexibility index (Phi) is 6.67. The van der Waals surface area contributed by atoms with Gasteiger partial charge in [0.05, 0.1) is 5.41 Å². The normalized spacial score (nSPS) is 22.9. The lowest BCUT2D eigenvalue weighted by Gasteiger charge is -2.33. The highest BCUT2D eigenvalue weighted by Gasteiger charge is 2.45. The average Bonchev–Trinajstić information content (AvgIpc) is 2.99. The molecule has 4 rings (SSSR count). The first-order valence-corrected chi connectivity index (χ1v) is 10.4. The third kappa shape index (κ3) is 4.21. The van der Waals surface area contributed by atoms with Gasteiger partial charge in [0.2, 0.25) is 5.91 Å². The van der Waals surface area contributed by atoms with Crippen molar-refractivity contribution in [3.63, 3.8) is 0 Å². The highest BCUT2D eigenvalue weighted by molar-refractivity contribution is 6.31. The van der Waals surface area contributed by atoms with Gasteiger partial charge < -0.3 is 4.90 Å². The molecule has 3 nitrogen and oxygen atoms in total. The van der Waals surface area contributed by atoms with Gasteiger partial charge in [-0.2, -0.15) is 0 Å². The van der Waals surface area contributed by atoms with Crippen LogP contribution in [0, 0.1) is 5.41 Å². The summed E-state index contributed by atoms with van der Waals surface area (Å²) < 4.78 is 0. The van der Waals surface area contributed by atoms with E-state index in [0.717, 1.165) is 34.7 Å². The molecular weight excluding hydrogens is 391 g/mol. The summed E-state index contributed by atoms with van der Waals surface area (Å²) in [7, 11) is 0. The second-order valence-electron chi connectivity index (χ2n) is 8.33. The topological polar surface area (TPSA) is 33.2 Å². The van der Waals surface area contributed by atoms with E-state index in [9.17, 15) is 4.79 Å². The highest BCUT2D eigenvalue weighted by atomic mass is 35.5. The number of aromatic nitrogens is 1. The first-order valence-electron chi connectivity index (χ1n) is 10.1. The SMILES string of the molecule is CC1(Cc2ccc(-c3cccnc3)cc2Cl)CCN(C2CCCCC2)C1=O.Cl. The van der Waals surface area contributed by atoms with Crippen molar-refractivity contribution < 1.29 is 4.79 Å². The molecule has 0 bridgehead atoms. The van der Waals surface area contributed by atoms with Crippen LogP contribution in [0.2, 0.25) is 5.02 Å². The molecule has 1 atom stereocenters. The zero-order chi connectivity index (χ0) is 18.9. The minimum Gasteiger partial charge on any atom is -0.339 e. The molecule has 0 radical (unpaired) electrons. The number of rotatable bonds is 4. The Morgan fingerprint density at radius 1 is 1.18 bits per heavy atom. The Hall–Kier alpha value is -1.58. The van der Waals surface area contributed by atoms with E-state index in [0.29, 0.717) is 18.4 Å². The maximum Gasteiger partial charge on any atom is 0.229 e. The molecule has 0 spiro atoms. The summed E-state index contributed by atoms with van der Waals surface area (Å²) in [6.07, 6.45) is 11.4. The third-order valence-electron chi connectivity index (χ3n) is 6.33. The van der Waals surface area contributed by atoms with Crippen LogP contribution in [0.3, 0.4) is 0 Å². The second-order valence-corrected chi connectivity index (χ2v) is 8.73. The minimum atomic E-state index is -0.336.